The van der Waals surface area contributed by atoms with Gasteiger partial charge < -0.3 is 10.6 Å². The molecular weight excluding hydrogens is 328 g/mol. The van der Waals surface area contributed by atoms with Crippen LogP contribution in [0, 0.1) is 5.41 Å². The lowest BCUT2D eigenvalue weighted by atomic mass is 9.87. The number of nitrogens with one attached hydrogen (secondary N) is 2. The molecule has 0 aliphatic carbocycles. The van der Waals surface area contributed by atoms with Gasteiger partial charge in [0.1, 0.15) is 5.82 Å². The van der Waals surface area contributed by atoms with Crippen LogP contribution in [0.5, 0.6) is 0 Å². The third-order valence-electron chi connectivity index (χ3n) is 3.47. The molecule has 0 aliphatic heterocycles. The minimum absolute atomic E-state index is 0.274. The summed E-state index contributed by atoms with van der Waals surface area (Å²) in [5, 5.41) is 6.68. The summed E-state index contributed by atoms with van der Waals surface area (Å²) in [6, 6.07) is 0. The van der Waals surface area contributed by atoms with Crippen LogP contribution in [0.1, 0.15) is 59.8 Å². The molecular formula is C16H29BrN4. The Morgan fingerprint density at radius 2 is 1.90 bits per heavy atom. The van der Waals surface area contributed by atoms with E-state index in [1.54, 1.807) is 6.20 Å². The number of nitrogens with zero attached hydrogens (tertiary/aromatic N) is 2. The predicted molar refractivity (Wildman–Crippen MR) is 94.9 cm³/mol. The fraction of sp³-hybridized carbons (Fsp3) is 0.750. The molecule has 4 nitrogen and oxygen atoms in total. The first kappa shape index (κ1) is 18.2. The zero-order chi connectivity index (χ0) is 15.7. The highest BCUT2D eigenvalue weighted by Crippen LogP contribution is 2.26. The molecule has 0 aromatic carbocycles. The monoisotopic (exact) mass is 356 g/mol. The van der Waals surface area contributed by atoms with E-state index in [9.17, 15) is 0 Å². The van der Waals surface area contributed by atoms with Crippen molar-refractivity contribution in [2.24, 2.45) is 5.41 Å². The van der Waals surface area contributed by atoms with Crippen LogP contribution in [-0.4, -0.2) is 23.1 Å². The van der Waals surface area contributed by atoms with E-state index in [2.05, 4.69) is 64.2 Å². The zero-order valence-electron chi connectivity index (χ0n) is 13.8. The van der Waals surface area contributed by atoms with E-state index in [1.165, 1.54) is 25.7 Å². The first-order valence-corrected chi connectivity index (χ1v) is 8.78. The van der Waals surface area contributed by atoms with E-state index in [-0.39, 0.29) is 5.41 Å². The lowest BCUT2D eigenvalue weighted by Crippen LogP contribution is -2.24. The molecule has 5 heteroatoms. The van der Waals surface area contributed by atoms with Crippen molar-refractivity contribution in [3.8, 4) is 0 Å². The van der Waals surface area contributed by atoms with Crippen LogP contribution >= 0.6 is 15.9 Å². The number of unbranched alkanes of at least 4 members (excludes halogenated alkanes) is 2. The van der Waals surface area contributed by atoms with E-state index < -0.39 is 0 Å². The van der Waals surface area contributed by atoms with E-state index in [0.717, 1.165) is 29.8 Å². The maximum Gasteiger partial charge on any atom is 0.224 e. The number of halogens is 1. The molecule has 120 valence electrons. The van der Waals surface area contributed by atoms with Crippen LogP contribution in [-0.2, 0) is 0 Å². The van der Waals surface area contributed by atoms with E-state index in [4.69, 9.17) is 0 Å². The Morgan fingerprint density at radius 1 is 1.14 bits per heavy atom. The van der Waals surface area contributed by atoms with Gasteiger partial charge in [-0.15, -0.1) is 0 Å². The third-order valence-corrected chi connectivity index (χ3v) is 4.05. The van der Waals surface area contributed by atoms with Gasteiger partial charge in [0.05, 0.1) is 4.47 Å². The first-order valence-electron chi connectivity index (χ1n) is 7.99. The fourth-order valence-corrected chi connectivity index (χ4v) is 2.41. The molecule has 1 rings (SSSR count). The summed E-state index contributed by atoms with van der Waals surface area (Å²) >= 11 is 3.51. The lowest BCUT2D eigenvalue weighted by molar-refractivity contribution is 0.342. The Bertz CT molecular complexity index is 421. The number of anilines is 2. The van der Waals surface area contributed by atoms with Crippen molar-refractivity contribution < 1.29 is 0 Å². The number of rotatable bonds is 10. The zero-order valence-corrected chi connectivity index (χ0v) is 15.4. The Labute approximate surface area is 137 Å². The predicted octanol–water partition coefficient (Wildman–Crippen LogP) is 5.08. The van der Waals surface area contributed by atoms with Crippen molar-refractivity contribution in [3.05, 3.63) is 10.7 Å². The van der Waals surface area contributed by atoms with Crippen LogP contribution in [0.25, 0.3) is 0 Å². The lowest BCUT2D eigenvalue weighted by Gasteiger charge is -2.25. The van der Waals surface area contributed by atoms with Crippen molar-refractivity contribution in [3.63, 3.8) is 0 Å². The quantitative estimate of drug-likeness (QED) is 0.574. The van der Waals surface area contributed by atoms with E-state index in [1.807, 2.05) is 0 Å². The molecule has 0 aliphatic rings. The molecule has 0 spiro atoms. The van der Waals surface area contributed by atoms with Crippen LogP contribution in [0.3, 0.4) is 0 Å². The third kappa shape index (κ3) is 7.11. The van der Waals surface area contributed by atoms with Crippen molar-refractivity contribution >= 4 is 27.7 Å². The largest absolute Gasteiger partial charge is 0.368 e. The summed E-state index contributed by atoms with van der Waals surface area (Å²) in [5.74, 6) is 1.55. The highest BCUT2D eigenvalue weighted by Gasteiger charge is 2.18. The van der Waals surface area contributed by atoms with Crippen LogP contribution < -0.4 is 10.6 Å². The molecule has 0 saturated carbocycles. The van der Waals surface area contributed by atoms with E-state index >= 15 is 0 Å². The van der Waals surface area contributed by atoms with Crippen LogP contribution in [0.2, 0.25) is 0 Å². The molecule has 0 saturated heterocycles. The average molecular weight is 357 g/mol. The summed E-state index contributed by atoms with van der Waals surface area (Å²) in [7, 11) is 0. The second kappa shape index (κ2) is 9.23. The number of hydrogen-bond donors (Lipinski definition) is 2. The van der Waals surface area contributed by atoms with Gasteiger partial charge in [0.25, 0.3) is 0 Å². The van der Waals surface area contributed by atoms with Gasteiger partial charge >= 0.3 is 0 Å². The van der Waals surface area contributed by atoms with Crippen molar-refractivity contribution in [1.29, 1.82) is 0 Å². The maximum absolute atomic E-state index is 4.53. The fourth-order valence-electron chi connectivity index (χ4n) is 2.08. The Morgan fingerprint density at radius 3 is 2.57 bits per heavy atom. The highest BCUT2D eigenvalue weighted by molar-refractivity contribution is 9.10. The molecule has 0 fully saturated rings. The van der Waals surface area contributed by atoms with Gasteiger partial charge in [0.15, 0.2) is 0 Å². The standard InChI is InChI=1S/C16H29BrN4/c1-5-7-8-9-16(3,4)12-20-14-13(17)11-19-15(21-14)18-10-6-2/h11H,5-10,12H2,1-4H3,(H2,18,19,20,21). The van der Waals surface area contributed by atoms with Gasteiger partial charge in [-0.25, -0.2) is 4.98 Å². The first-order chi connectivity index (χ1) is 9.98. The molecule has 0 atom stereocenters. The Kier molecular flexibility index (Phi) is 8.01. The smallest absolute Gasteiger partial charge is 0.224 e. The van der Waals surface area contributed by atoms with Crippen molar-refractivity contribution in [1.82, 2.24) is 9.97 Å². The van der Waals surface area contributed by atoms with Crippen LogP contribution in [0.4, 0.5) is 11.8 Å². The Hall–Kier alpha value is -0.840. The summed E-state index contributed by atoms with van der Waals surface area (Å²) in [4.78, 5) is 8.80. The van der Waals surface area contributed by atoms with Gasteiger partial charge in [-0.1, -0.05) is 47.0 Å². The highest BCUT2D eigenvalue weighted by atomic mass is 79.9. The topological polar surface area (TPSA) is 49.8 Å². The van der Waals surface area contributed by atoms with Gasteiger partial charge in [0.2, 0.25) is 5.95 Å². The van der Waals surface area contributed by atoms with Crippen molar-refractivity contribution in [2.45, 2.75) is 59.8 Å². The number of aromatic nitrogens is 2. The van der Waals surface area contributed by atoms with Gasteiger partial charge in [0, 0.05) is 19.3 Å². The SMILES string of the molecule is CCCCCC(C)(C)CNc1nc(NCCC)ncc1Br. The minimum Gasteiger partial charge on any atom is -0.368 e. The summed E-state index contributed by atoms with van der Waals surface area (Å²) in [6.45, 7) is 10.8. The molecule has 0 radical (unpaired) electrons. The Balaban J connectivity index is 2.56. The van der Waals surface area contributed by atoms with Crippen molar-refractivity contribution in [2.75, 3.05) is 23.7 Å². The molecule has 1 aromatic rings. The van der Waals surface area contributed by atoms with Crippen LogP contribution in [0.15, 0.2) is 10.7 Å². The summed E-state index contributed by atoms with van der Waals surface area (Å²) in [6.07, 6.45) is 7.97. The molecule has 0 bridgehead atoms. The second-order valence-corrected chi connectivity index (χ2v) is 7.15. The van der Waals surface area contributed by atoms with Gasteiger partial charge in [-0.2, -0.15) is 4.98 Å². The van der Waals surface area contributed by atoms with Gasteiger partial charge in [-0.3, -0.25) is 0 Å². The average Bonchev–Trinajstić information content (AvgIpc) is 2.45. The molecule has 1 heterocycles. The second-order valence-electron chi connectivity index (χ2n) is 6.29. The molecule has 2 N–H and O–H groups in total. The summed E-state index contributed by atoms with van der Waals surface area (Å²) < 4.78 is 0.911. The maximum atomic E-state index is 4.53. The molecule has 1 aromatic heterocycles. The minimum atomic E-state index is 0.274. The molecule has 0 unspecified atom stereocenters. The summed E-state index contributed by atoms with van der Waals surface area (Å²) in [5.41, 5.74) is 0.274. The molecule has 0 amide bonds. The molecule has 21 heavy (non-hydrogen) atoms. The number of hydrogen-bond acceptors (Lipinski definition) is 4. The van der Waals surface area contributed by atoms with E-state index in [0.29, 0.717) is 5.95 Å². The van der Waals surface area contributed by atoms with Gasteiger partial charge in [-0.05, 0) is 34.2 Å². The normalized spacial score (nSPS) is 11.5.